The van der Waals surface area contributed by atoms with Crippen LogP contribution in [0.3, 0.4) is 0 Å². The average Bonchev–Trinajstić information content (AvgIpc) is 3.14. The van der Waals surface area contributed by atoms with E-state index in [1.54, 1.807) is 7.05 Å². The molecule has 10 heteroatoms. The molecule has 2 heterocycles. The maximum Gasteiger partial charge on any atom is 0.342 e. The fraction of sp³-hybridized carbons (Fsp3) is 0.167. The summed E-state index contributed by atoms with van der Waals surface area (Å²) in [6, 6.07) is 9.30. The van der Waals surface area contributed by atoms with Crippen molar-refractivity contribution in [2.24, 2.45) is 7.05 Å². The van der Waals surface area contributed by atoms with Crippen LogP contribution in [0.1, 0.15) is 16.9 Å². The van der Waals surface area contributed by atoms with Crippen LogP contribution >= 0.6 is 12.6 Å². The number of nitrogens with zero attached hydrogens (tertiary/aromatic N) is 7. The van der Waals surface area contributed by atoms with Gasteiger partial charge in [0.05, 0.1) is 12.7 Å². The molecule has 0 radical (unpaired) electrons. The quantitative estimate of drug-likeness (QED) is 0.442. The molecule has 22 heavy (non-hydrogen) atoms. The number of tetrazole rings is 1. The molecule has 1 atom stereocenters. The summed E-state index contributed by atoms with van der Waals surface area (Å²) in [5.74, 6) is 0.702. The van der Waals surface area contributed by atoms with Crippen molar-refractivity contribution in [1.29, 1.82) is 0 Å². The molecular formula is C12H11N7O2S. The molecular weight excluding hydrogens is 306 g/mol. The van der Waals surface area contributed by atoms with Crippen molar-refractivity contribution in [3.63, 3.8) is 0 Å². The van der Waals surface area contributed by atoms with Crippen molar-refractivity contribution < 1.29 is 4.92 Å². The number of nitro groups is 1. The van der Waals surface area contributed by atoms with Gasteiger partial charge in [-0.15, -0.1) is 5.10 Å². The molecule has 0 aliphatic rings. The second-order valence-electron chi connectivity index (χ2n) is 4.48. The van der Waals surface area contributed by atoms with Crippen LogP contribution in [0.25, 0.3) is 5.69 Å². The first-order chi connectivity index (χ1) is 10.6. The van der Waals surface area contributed by atoms with E-state index in [1.165, 1.54) is 15.4 Å². The van der Waals surface area contributed by atoms with Crippen LogP contribution in [-0.2, 0) is 7.05 Å². The van der Waals surface area contributed by atoms with Gasteiger partial charge in [-0.1, -0.05) is 18.2 Å². The standard InChI is InChI=1S/C12H11N7O2S/c1-17-9(19(20)21)7-13-11(17)10(22)12-14-15-16-18(12)8-5-3-2-4-6-8/h2-7,10,22H,1H3. The zero-order valence-corrected chi connectivity index (χ0v) is 12.3. The first-order valence-electron chi connectivity index (χ1n) is 6.27. The van der Waals surface area contributed by atoms with E-state index in [2.05, 4.69) is 33.1 Å². The third-order valence-corrected chi connectivity index (χ3v) is 3.63. The van der Waals surface area contributed by atoms with Crippen LogP contribution in [0.4, 0.5) is 5.82 Å². The highest BCUT2D eigenvalue weighted by molar-refractivity contribution is 7.80. The Labute approximate surface area is 130 Å². The maximum absolute atomic E-state index is 10.9. The molecule has 0 saturated carbocycles. The summed E-state index contributed by atoms with van der Waals surface area (Å²) in [6.45, 7) is 0. The summed E-state index contributed by atoms with van der Waals surface area (Å²) in [5, 5.41) is 21.9. The van der Waals surface area contributed by atoms with Gasteiger partial charge in [0.15, 0.2) is 5.82 Å². The van der Waals surface area contributed by atoms with Gasteiger partial charge in [-0.3, -0.25) is 0 Å². The van der Waals surface area contributed by atoms with Crippen molar-refractivity contribution in [1.82, 2.24) is 29.8 Å². The predicted octanol–water partition coefficient (Wildman–Crippen LogP) is 1.32. The molecule has 0 aliphatic heterocycles. The molecule has 0 bridgehead atoms. The SMILES string of the molecule is Cn1c([N+](=O)[O-])cnc1C(S)c1nnnn1-c1ccccc1. The van der Waals surface area contributed by atoms with E-state index >= 15 is 0 Å². The van der Waals surface area contributed by atoms with Gasteiger partial charge in [0.1, 0.15) is 11.4 Å². The van der Waals surface area contributed by atoms with Crippen LogP contribution < -0.4 is 0 Å². The van der Waals surface area contributed by atoms with Gasteiger partial charge in [0, 0.05) is 0 Å². The smallest absolute Gasteiger partial charge is 0.342 e. The number of imidazole rings is 1. The van der Waals surface area contributed by atoms with E-state index in [4.69, 9.17) is 0 Å². The number of rotatable bonds is 4. The Morgan fingerprint density at radius 3 is 2.64 bits per heavy atom. The highest BCUT2D eigenvalue weighted by atomic mass is 32.1. The molecule has 0 N–H and O–H groups in total. The van der Waals surface area contributed by atoms with E-state index in [1.807, 2.05) is 30.3 Å². The van der Waals surface area contributed by atoms with Crippen molar-refractivity contribution in [2.75, 3.05) is 0 Å². The van der Waals surface area contributed by atoms with Crippen LogP contribution in [0.15, 0.2) is 36.5 Å². The maximum atomic E-state index is 10.9. The summed E-state index contributed by atoms with van der Waals surface area (Å²) in [4.78, 5) is 14.5. The largest absolute Gasteiger partial charge is 0.358 e. The number of para-hydroxylation sites is 1. The van der Waals surface area contributed by atoms with Crippen molar-refractivity contribution in [2.45, 2.75) is 5.25 Å². The number of hydrogen-bond donors (Lipinski definition) is 1. The summed E-state index contributed by atoms with van der Waals surface area (Å²) in [7, 11) is 1.56. The van der Waals surface area contributed by atoms with Gasteiger partial charge in [0.25, 0.3) is 0 Å². The Balaban J connectivity index is 2.03. The zero-order valence-electron chi connectivity index (χ0n) is 11.4. The van der Waals surface area contributed by atoms with E-state index in [9.17, 15) is 10.1 Å². The van der Waals surface area contributed by atoms with Gasteiger partial charge >= 0.3 is 5.82 Å². The Bertz CT molecular complexity index is 814. The third kappa shape index (κ3) is 2.33. The first kappa shape index (κ1) is 14.2. The highest BCUT2D eigenvalue weighted by Crippen LogP contribution is 2.28. The minimum atomic E-state index is -0.603. The predicted molar refractivity (Wildman–Crippen MR) is 79.8 cm³/mol. The van der Waals surface area contributed by atoms with Crippen molar-refractivity contribution in [3.05, 3.63) is 58.3 Å². The molecule has 0 saturated heterocycles. The Hall–Kier alpha value is -2.75. The molecule has 0 spiro atoms. The van der Waals surface area contributed by atoms with Crippen molar-refractivity contribution in [3.8, 4) is 5.69 Å². The number of hydrogen-bond acceptors (Lipinski definition) is 7. The number of aromatic nitrogens is 6. The van der Waals surface area contributed by atoms with Crippen molar-refractivity contribution >= 4 is 18.4 Å². The van der Waals surface area contributed by atoms with Crippen LogP contribution in [-0.4, -0.2) is 34.7 Å². The van der Waals surface area contributed by atoms with Crippen LogP contribution in [0, 0.1) is 10.1 Å². The fourth-order valence-electron chi connectivity index (χ4n) is 2.07. The second-order valence-corrected chi connectivity index (χ2v) is 4.99. The molecule has 1 aromatic carbocycles. The molecule has 0 amide bonds. The van der Waals surface area contributed by atoms with E-state index in [0.717, 1.165) is 5.69 Å². The highest BCUT2D eigenvalue weighted by Gasteiger charge is 2.28. The third-order valence-electron chi connectivity index (χ3n) is 3.17. The lowest BCUT2D eigenvalue weighted by molar-refractivity contribution is -0.391. The lowest BCUT2D eigenvalue weighted by Crippen LogP contribution is -2.11. The second kappa shape index (κ2) is 5.56. The Morgan fingerprint density at radius 1 is 1.27 bits per heavy atom. The normalized spacial score (nSPS) is 12.3. The summed E-state index contributed by atoms with van der Waals surface area (Å²) in [6.07, 6.45) is 1.19. The lowest BCUT2D eigenvalue weighted by Gasteiger charge is -2.08. The van der Waals surface area contributed by atoms with E-state index < -0.39 is 10.2 Å². The number of thiol groups is 1. The molecule has 112 valence electrons. The minimum absolute atomic E-state index is 0.118. The van der Waals surface area contributed by atoms with Gasteiger partial charge in [-0.2, -0.15) is 17.3 Å². The Kier molecular flexibility index (Phi) is 3.59. The van der Waals surface area contributed by atoms with E-state index in [-0.39, 0.29) is 5.82 Å². The first-order valence-corrected chi connectivity index (χ1v) is 6.79. The summed E-state index contributed by atoms with van der Waals surface area (Å²) >= 11 is 4.48. The van der Waals surface area contributed by atoms with Gasteiger partial charge in [-0.05, 0) is 27.5 Å². The molecule has 3 rings (SSSR count). The van der Waals surface area contributed by atoms with Crippen LogP contribution in [0.2, 0.25) is 0 Å². The summed E-state index contributed by atoms with van der Waals surface area (Å²) < 4.78 is 2.89. The zero-order chi connectivity index (χ0) is 15.7. The topological polar surface area (TPSA) is 105 Å². The van der Waals surface area contributed by atoms with Gasteiger partial charge in [-0.25, -0.2) is 9.55 Å². The summed E-state index contributed by atoms with van der Waals surface area (Å²) in [5.41, 5.74) is 0.769. The molecule has 3 aromatic rings. The molecule has 0 fully saturated rings. The molecule has 9 nitrogen and oxygen atoms in total. The monoisotopic (exact) mass is 317 g/mol. The van der Waals surface area contributed by atoms with Gasteiger partial charge < -0.3 is 10.1 Å². The van der Waals surface area contributed by atoms with Crippen LogP contribution in [0.5, 0.6) is 0 Å². The molecule has 1 unspecified atom stereocenters. The number of benzene rings is 1. The molecule has 0 aliphatic carbocycles. The average molecular weight is 317 g/mol. The fourth-order valence-corrected chi connectivity index (χ4v) is 2.47. The molecule has 2 aromatic heterocycles. The lowest BCUT2D eigenvalue weighted by atomic mass is 10.3. The van der Waals surface area contributed by atoms with Gasteiger partial charge in [0.2, 0.25) is 5.82 Å². The van der Waals surface area contributed by atoms with E-state index in [0.29, 0.717) is 11.6 Å². The minimum Gasteiger partial charge on any atom is -0.358 e. The Morgan fingerprint density at radius 2 is 2.00 bits per heavy atom.